The average molecular weight is 492 g/mol. The number of guanidine groups is 1. The van der Waals surface area contributed by atoms with Gasteiger partial charge in [0.2, 0.25) is 0 Å². The molecule has 0 saturated heterocycles. The predicted molar refractivity (Wildman–Crippen MR) is 121 cm³/mol. The minimum absolute atomic E-state index is 0. The number of halogens is 1. The number of aliphatic imine (C=N–C) groups is 1. The number of benzene rings is 1. The number of amides is 1. The summed E-state index contributed by atoms with van der Waals surface area (Å²) >= 11 is 0. The maximum absolute atomic E-state index is 12.2. The van der Waals surface area contributed by atoms with Crippen molar-refractivity contribution in [3.8, 4) is 5.75 Å². The molecule has 0 atom stereocenters. The van der Waals surface area contributed by atoms with Crippen LogP contribution in [-0.2, 0) is 4.74 Å². The van der Waals surface area contributed by atoms with Gasteiger partial charge in [-0.15, -0.1) is 24.0 Å². The Labute approximate surface area is 179 Å². The van der Waals surface area contributed by atoms with E-state index in [2.05, 4.69) is 15.6 Å². The fraction of sp³-hybridized carbons (Fsp3) is 0.579. The standard InChI is InChI=1S/C19H32N4O3.HI/c1-7-19(8-2,23-17(24)26-18(3,4)5)13-21-16(20)22-14-10-9-11-15(12-14)25-6;/h9-12H,7-8,13H2,1-6H3,(H,23,24)(H3,20,21,22);1H. The van der Waals surface area contributed by atoms with E-state index in [9.17, 15) is 4.79 Å². The molecule has 1 rings (SSSR count). The van der Waals surface area contributed by atoms with Gasteiger partial charge in [0.15, 0.2) is 5.96 Å². The van der Waals surface area contributed by atoms with E-state index in [-0.39, 0.29) is 29.9 Å². The molecule has 0 radical (unpaired) electrons. The number of carbonyl (C=O) groups is 1. The van der Waals surface area contributed by atoms with Crippen LogP contribution >= 0.6 is 24.0 Å². The van der Waals surface area contributed by atoms with Crippen molar-refractivity contribution in [1.82, 2.24) is 5.32 Å². The Kier molecular flexibility index (Phi) is 10.5. The van der Waals surface area contributed by atoms with Crippen molar-refractivity contribution in [2.45, 2.75) is 58.6 Å². The quantitative estimate of drug-likeness (QED) is 0.302. The Bertz CT molecular complexity index is 626. The van der Waals surface area contributed by atoms with Crippen molar-refractivity contribution in [3.63, 3.8) is 0 Å². The molecule has 154 valence electrons. The van der Waals surface area contributed by atoms with Crippen molar-refractivity contribution >= 4 is 41.7 Å². The first-order valence-electron chi connectivity index (χ1n) is 8.85. The van der Waals surface area contributed by atoms with Crippen LogP contribution in [0.3, 0.4) is 0 Å². The van der Waals surface area contributed by atoms with Crippen LogP contribution in [0.2, 0.25) is 0 Å². The summed E-state index contributed by atoms with van der Waals surface area (Å²) in [6.07, 6.45) is 0.966. The van der Waals surface area contributed by atoms with Gasteiger partial charge in [0, 0.05) is 11.8 Å². The third kappa shape index (κ3) is 9.16. The molecule has 0 spiro atoms. The van der Waals surface area contributed by atoms with Crippen LogP contribution in [0.25, 0.3) is 0 Å². The minimum Gasteiger partial charge on any atom is -0.497 e. The van der Waals surface area contributed by atoms with Gasteiger partial charge in [-0.2, -0.15) is 0 Å². The molecule has 7 nitrogen and oxygen atoms in total. The third-order valence-corrected chi connectivity index (χ3v) is 4.01. The topological polar surface area (TPSA) is 98.0 Å². The Morgan fingerprint density at radius 2 is 1.85 bits per heavy atom. The first kappa shape index (κ1) is 25.3. The van der Waals surface area contributed by atoms with E-state index in [1.807, 2.05) is 58.9 Å². The molecular formula is C19H33IN4O3. The lowest BCUT2D eigenvalue weighted by Crippen LogP contribution is -2.52. The Hall–Kier alpha value is -1.71. The molecule has 1 amide bonds. The molecule has 0 heterocycles. The predicted octanol–water partition coefficient (Wildman–Crippen LogP) is 4.12. The molecule has 0 aliphatic heterocycles. The molecule has 1 aromatic carbocycles. The molecule has 0 fully saturated rings. The van der Waals surface area contributed by atoms with Gasteiger partial charge in [0.1, 0.15) is 11.4 Å². The largest absolute Gasteiger partial charge is 0.497 e. The van der Waals surface area contributed by atoms with Gasteiger partial charge in [-0.1, -0.05) is 19.9 Å². The molecule has 0 bridgehead atoms. The number of hydrogen-bond donors (Lipinski definition) is 3. The van der Waals surface area contributed by atoms with Crippen molar-refractivity contribution in [3.05, 3.63) is 24.3 Å². The van der Waals surface area contributed by atoms with Gasteiger partial charge >= 0.3 is 6.09 Å². The Morgan fingerprint density at radius 3 is 2.37 bits per heavy atom. The number of hydrogen-bond acceptors (Lipinski definition) is 4. The second-order valence-corrected chi connectivity index (χ2v) is 7.17. The van der Waals surface area contributed by atoms with E-state index in [0.29, 0.717) is 19.4 Å². The van der Waals surface area contributed by atoms with Crippen LogP contribution in [0, 0.1) is 0 Å². The summed E-state index contributed by atoms with van der Waals surface area (Å²) in [5.41, 5.74) is 5.72. The number of methoxy groups -OCH3 is 1. The number of carbonyl (C=O) groups excluding carboxylic acids is 1. The van der Waals surface area contributed by atoms with Crippen LogP contribution in [0.4, 0.5) is 10.5 Å². The molecule has 0 aromatic heterocycles. The maximum Gasteiger partial charge on any atom is 0.408 e. The lowest BCUT2D eigenvalue weighted by molar-refractivity contribution is 0.0452. The third-order valence-electron chi connectivity index (χ3n) is 4.01. The summed E-state index contributed by atoms with van der Waals surface area (Å²) in [5, 5.41) is 5.99. The van der Waals surface area contributed by atoms with Gasteiger partial charge in [0.25, 0.3) is 0 Å². The van der Waals surface area contributed by atoms with Crippen molar-refractivity contribution in [2.24, 2.45) is 10.7 Å². The first-order valence-corrected chi connectivity index (χ1v) is 8.85. The molecule has 1 aromatic rings. The fourth-order valence-electron chi connectivity index (χ4n) is 2.33. The highest BCUT2D eigenvalue weighted by molar-refractivity contribution is 14.0. The number of alkyl carbamates (subject to hydrolysis) is 1. The monoisotopic (exact) mass is 492 g/mol. The normalized spacial score (nSPS) is 12.0. The number of rotatable bonds is 7. The Morgan fingerprint density at radius 1 is 1.22 bits per heavy atom. The SMILES string of the molecule is CCC(CC)(CN=C(N)Nc1cccc(OC)c1)NC(=O)OC(C)(C)C.I. The van der Waals surface area contributed by atoms with E-state index in [1.165, 1.54) is 0 Å². The van der Waals surface area contributed by atoms with Gasteiger partial charge in [0.05, 0.1) is 19.2 Å². The maximum atomic E-state index is 12.2. The second kappa shape index (κ2) is 11.2. The summed E-state index contributed by atoms with van der Waals surface area (Å²) in [5.74, 6) is 1.00. The molecule has 4 N–H and O–H groups in total. The lowest BCUT2D eigenvalue weighted by atomic mass is 9.93. The van der Waals surface area contributed by atoms with Crippen molar-refractivity contribution in [2.75, 3.05) is 19.0 Å². The number of nitrogens with one attached hydrogen (secondary N) is 2. The average Bonchev–Trinajstić information content (AvgIpc) is 2.57. The highest BCUT2D eigenvalue weighted by Crippen LogP contribution is 2.19. The fourth-order valence-corrected chi connectivity index (χ4v) is 2.33. The first-order chi connectivity index (χ1) is 12.1. The highest BCUT2D eigenvalue weighted by Gasteiger charge is 2.30. The molecule has 0 aliphatic rings. The summed E-state index contributed by atoms with van der Waals surface area (Å²) in [6, 6.07) is 7.41. The number of nitrogens with two attached hydrogens (primary N) is 1. The van der Waals surface area contributed by atoms with Crippen molar-refractivity contribution < 1.29 is 14.3 Å². The summed E-state index contributed by atoms with van der Waals surface area (Å²) in [4.78, 5) is 16.6. The molecular weight excluding hydrogens is 459 g/mol. The van der Waals surface area contributed by atoms with Crippen LogP contribution in [0.1, 0.15) is 47.5 Å². The summed E-state index contributed by atoms with van der Waals surface area (Å²) in [6.45, 7) is 9.85. The zero-order chi connectivity index (χ0) is 19.8. The van der Waals surface area contributed by atoms with Crippen LogP contribution < -0.4 is 21.1 Å². The molecule has 27 heavy (non-hydrogen) atoms. The van der Waals surface area contributed by atoms with Crippen molar-refractivity contribution in [1.29, 1.82) is 0 Å². The molecule has 0 unspecified atom stereocenters. The molecule has 0 aliphatic carbocycles. The number of nitrogens with zero attached hydrogens (tertiary/aromatic N) is 1. The van der Waals surface area contributed by atoms with E-state index in [1.54, 1.807) is 7.11 Å². The highest BCUT2D eigenvalue weighted by atomic mass is 127. The van der Waals surface area contributed by atoms with E-state index < -0.39 is 17.2 Å². The van der Waals surface area contributed by atoms with Gasteiger partial charge < -0.3 is 25.8 Å². The van der Waals surface area contributed by atoms with Crippen LogP contribution in [0.15, 0.2) is 29.3 Å². The molecule has 0 saturated carbocycles. The zero-order valence-electron chi connectivity index (χ0n) is 17.1. The summed E-state index contributed by atoms with van der Waals surface area (Å²) in [7, 11) is 1.61. The number of ether oxygens (including phenoxy) is 2. The van der Waals surface area contributed by atoms with Gasteiger partial charge in [-0.25, -0.2) is 4.79 Å². The van der Waals surface area contributed by atoms with Crippen LogP contribution in [0.5, 0.6) is 5.75 Å². The van der Waals surface area contributed by atoms with Gasteiger partial charge in [-0.3, -0.25) is 4.99 Å². The minimum atomic E-state index is -0.548. The lowest BCUT2D eigenvalue weighted by Gasteiger charge is -2.32. The smallest absolute Gasteiger partial charge is 0.408 e. The van der Waals surface area contributed by atoms with E-state index in [0.717, 1.165) is 11.4 Å². The van der Waals surface area contributed by atoms with E-state index >= 15 is 0 Å². The summed E-state index contributed by atoms with van der Waals surface area (Å²) < 4.78 is 10.6. The Balaban J connectivity index is 0.00000676. The zero-order valence-corrected chi connectivity index (χ0v) is 19.4. The molecule has 8 heteroatoms. The number of anilines is 1. The van der Waals surface area contributed by atoms with Gasteiger partial charge in [-0.05, 0) is 45.7 Å². The van der Waals surface area contributed by atoms with Crippen LogP contribution in [-0.4, -0.2) is 36.8 Å². The van der Waals surface area contributed by atoms with E-state index in [4.69, 9.17) is 15.2 Å². The second-order valence-electron chi connectivity index (χ2n) is 7.17.